The molecule has 4 aromatic carbocycles. The first-order valence-electron chi connectivity index (χ1n) is 12.6. The highest BCUT2D eigenvalue weighted by Gasteiger charge is 2.18. The van der Waals surface area contributed by atoms with Gasteiger partial charge in [0.25, 0.3) is 0 Å². The summed E-state index contributed by atoms with van der Waals surface area (Å²) in [7, 11) is 0. The normalized spacial score (nSPS) is 11.3. The molecule has 0 aliphatic heterocycles. The summed E-state index contributed by atoms with van der Waals surface area (Å²) < 4.78 is 11.1. The molecule has 0 bridgehead atoms. The van der Waals surface area contributed by atoms with Crippen molar-refractivity contribution in [3.05, 3.63) is 134 Å². The Labute approximate surface area is 236 Å². The quantitative estimate of drug-likeness (QED) is 0.117. The van der Waals surface area contributed by atoms with Gasteiger partial charge in [0.15, 0.2) is 5.78 Å². The van der Waals surface area contributed by atoms with Crippen molar-refractivity contribution in [3.8, 4) is 28.7 Å². The third kappa shape index (κ3) is 6.03. The molecular weight excluding hydrogens is 518 g/mol. The number of carbonyl (C=O) groups excluding carboxylic acids is 2. The Balaban J connectivity index is 1.48. The highest BCUT2D eigenvalue weighted by molar-refractivity contribution is 5.93. The van der Waals surface area contributed by atoms with Crippen LogP contribution in [0.15, 0.2) is 133 Å². The maximum absolute atomic E-state index is 11.9. The zero-order valence-electron chi connectivity index (χ0n) is 21.9. The number of aliphatic hydroxyl groups excluding tert-OH is 1. The summed E-state index contributed by atoms with van der Waals surface area (Å²) >= 11 is 0. The van der Waals surface area contributed by atoms with Gasteiger partial charge in [0.1, 0.15) is 11.9 Å². The molecule has 0 saturated heterocycles. The van der Waals surface area contributed by atoms with Gasteiger partial charge < -0.3 is 19.2 Å². The fourth-order valence-corrected chi connectivity index (χ4v) is 4.14. The average molecular weight is 544 g/mol. The third-order valence-corrected chi connectivity index (χ3v) is 6.24. The van der Waals surface area contributed by atoms with Gasteiger partial charge in [0, 0.05) is 34.3 Å². The monoisotopic (exact) mass is 543 g/mol. The van der Waals surface area contributed by atoms with Crippen molar-refractivity contribution in [2.24, 2.45) is 0 Å². The number of esters is 1. The van der Waals surface area contributed by atoms with Gasteiger partial charge in [0.05, 0.1) is 0 Å². The van der Waals surface area contributed by atoms with Gasteiger partial charge in [-0.2, -0.15) is 0 Å². The van der Waals surface area contributed by atoms with Gasteiger partial charge in [-0.25, -0.2) is 4.79 Å². The van der Waals surface area contributed by atoms with Crippen molar-refractivity contribution >= 4 is 28.8 Å². The minimum atomic E-state index is -1.29. The molecule has 5 rings (SSSR count). The molecule has 0 aliphatic rings. The molecule has 0 amide bonds. The summed E-state index contributed by atoms with van der Waals surface area (Å²) in [5, 5.41) is 18.7. The minimum Gasteiger partial charge on any atom is -0.423 e. The summed E-state index contributed by atoms with van der Waals surface area (Å²) in [5.74, 6) is 0.165. The lowest BCUT2D eigenvalue weighted by Gasteiger charge is -2.26. The van der Waals surface area contributed by atoms with E-state index in [4.69, 9.17) is 9.15 Å². The lowest BCUT2D eigenvalue weighted by molar-refractivity contribution is -0.129. The molecule has 1 N–H and O–H groups in total. The van der Waals surface area contributed by atoms with Crippen LogP contribution in [0.2, 0.25) is 0 Å². The average Bonchev–Trinajstić information content (AvgIpc) is 3.53. The maximum atomic E-state index is 11.9. The third-order valence-electron chi connectivity index (χ3n) is 6.24. The summed E-state index contributed by atoms with van der Waals surface area (Å²) in [6.45, 7) is 6.86. The Kier molecular flexibility index (Phi) is 7.94. The summed E-state index contributed by atoms with van der Waals surface area (Å²) in [4.78, 5) is 25.5. The number of aromatic nitrogens is 2. The first-order chi connectivity index (χ1) is 20.0. The van der Waals surface area contributed by atoms with Crippen molar-refractivity contribution < 1.29 is 23.8 Å². The molecule has 1 unspecified atom stereocenters. The number of rotatable bonds is 10. The molecule has 8 heteroatoms. The van der Waals surface area contributed by atoms with Gasteiger partial charge in [-0.05, 0) is 84.4 Å². The van der Waals surface area contributed by atoms with E-state index in [2.05, 4.69) is 23.4 Å². The highest BCUT2D eigenvalue weighted by atomic mass is 16.5. The molecule has 0 radical (unpaired) electrons. The molecule has 202 valence electrons. The van der Waals surface area contributed by atoms with Crippen LogP contribution in [-0.4, -0.2) is 27.1 Å². The number of benzene rings is 4. The molecule has 0 fully saturated rings. The topological polar surface area (TPSA) is 106 Å². The predicted molar refractivity (Wildman–Crippen MR) is 156 cm³/mol. The second-order valence-corrected chi connectivity index (χ2v) is 8.88. The number of ketones is 1. The van der Waals surface area contributed by atoms with E-state index in [9.17, 15) is 14.7 Å². The van der Waals surface area contributed by atoms with Crippen LogP contribution in [0, 0.1) is 0 Å². The molecule has 0 saturated carbocycles. The van der Waals surface area contributed by atoms with Gasteiger partial charge in [-0.3, -0.25) is 4.79 Å². The number of hydrogen-bond acceptors (Lipinski definition) is 8. The zero-order valence-corrected chi connectivity index (χ0v) is 21.9. The van der Waals surface area contributed by atoms with Crippen LogP contribution < -0.4 is 9.64 Å². The van der Waals surface area contributed by atoms with Gasteiger partial charge >= 0.3 is 5.97 Å². The van der Waals surface area contributed by atoms with E-state index >= 15 is 0 Å². The first kappa shape index (κ1) is 27.0. The van der Waals surface area contributed by atoms with Crippen LogP contribution in [0.5, 0.6) is 5.75 Å². The van der Waals surface area contributed by atoms with Gasteiger partial charge in [-0.1, -0.05) is 43.5 Å². The Hall–Kier alpha value is -5.60. The molecule has 1 aromatic heterocycles. The number of carbonyl (C=O) groups is 2. The Morgan fingerprint density at radius 2 is 1.24 bits per heavy atom. The van der Waals surface area contributed by atoms with E-state index in [1.54, 1.807) is 36.4 Å². The Morgan fingerprint density at radius 1 is 0.732 bits per heavy atom. The fourth-order valence-electron chi connectivity index (χ4n) is 4.14. The zero-order chi connectivity index (χ0) is 28.8. The van der Waals surface area contributed by atoms with Crippen molar-refractivity contribution in [3.63, 3.8) is 0 Å². The summed E-state index contributed by atoms with van der Waals surface area (Å²) in [6, 6.07) is 31.1. The molecule has 1 heterocycles. The molecule has 0 aliphatic carbocycles. The molecule has 1 atom stereocenters. The highest BCUT2D eigenvalue weighted by Crippen LogP contribution is 2.37. The van der Waals surface area contributed by atoms with Crippen LogP contribution in [0.1, 0.15) is 11.7 Å². The molecule has 5 aromatic rings. The molecule has 8 nitrogen and oxygen atoms in total. The van der Waals surface area contributed by atoms with Crippen LogP contribution in [0.3, 0.4) is 0 Å². The first-order valence-corrected chi connectivity index (χ1v) is 12.6. The number of ether oxygens (including phenoxy) is 1. The van der Waals surface area contributed by atoms with E-state index in [0.717, 1.165) is 40.3 Å². The fraction of sp³-hybridized carbons (Fsp3) is 0.0303. The maximum Gasteiger partial charge on any atom is 0.335 e. The molecule has 0 spiro atoms. The van der Waals surface area contributed by atoms with Crippen LogP contribution in [0.25, 0.3) is 22.9 Å². The van der Waals surface area contributed by atoms with Gasteiger partial charge in [0.2, 0.25) is 11.8 Å². The Morgan fingerprint density at radius 3 is 1.78 bits per heavy atom. The van der Waals surface area contributed by atoms with Crippen molar-refractivity contribution in [2.75, 3.05) is 4.90 Å². The van der Waals surface area contributed by atoms with Crippen LogP contribution in [-0.2, 0) is 9.59 Å². The second-order valence-electron chi connectivity index (χ2n) is 8.88. The minimum absolute atomic E-state index is 0.376. The van der Waals surface area contributed by atoms with Crippen molar-refractivity contribution in [2.45, 2.75) is 6.10 Å². The van der Waals surface area contributed by atoms with Crippen molar-refractivity contribution in [1.29, 1.82) is 0 Å². The van der Waals surface area contributed by atoms with Crippen molar-refractivity contribution in [1.82, 2.24) is 10.2 Å². The standard InChI is InChI=1S/C33H25N3O5/c1-3-29(37)31(39)22-10-14-25(15-11-22)36(27-18-20-28(21-19-27)40-30(38)4-2)26-16-12-24(13-17-26)33-35-34-32(41-33)23-8-6-5-7-9-23/h3-21,31,39H,1-2H2. The van der Waals surface area contributed by atoms with Crippen LogP contribution in [0.4, 0.5) is 17.1 Å². The number of aliphatic hydroxyl groups is 1. The van der Waals surface area contributed by atoms with E-state index in [0.29, 0.717) is 23.1 Å². The van der Waals surface area contributed by atoms with Crippen LogP contribution >= 0.6 is 0 Å². The van der Waals surface area contributed by atoms with E-state index in [-0.39, 0.29) is 0 Å². The second kappa shape index (κ2) is 12.1. The smallest absolute Gasteiger partial charge is 0.335 e. The molecular formula is C33H25N3O5. The number of anilines is 3. The summed E-state index contributed by atoms with van der Waals surface area (Å²) in [5.41, 5.74) is 4.38. The SMILES string of the molecule is C=CC(=O)Oc1ccc(N(c2ccc(-c3nnc(-c4ccccc4)o3)cc2)c2ccc(C(O)C(=O)C=C)cc2)cc1. The van der Waals surface area contributed by atoms with Gasteiger partial charge in [-0.15, -0.1) is 10.2 Å². The lowest BCUT2D eigenvalue weighted by Crippen LogP contribution is -2.12. The number of nitrogens with zero attached hydrogens (tertiary/aromatic N) is 3. The van der Waals surface area contributed by atoms with E-state index in [1.807, 2.05) is 71.6 Å². The lowest BCUT2D eigenvalue weighted by atomic mass is 10.0. The molecule has 41 heavy (non-hydrogen) atoms. The number of hydrogen-bond donors (Lipinski definition) is 1. The Bertz CT molecular complexity index is 1680. The van der Waals surface area contributed by atoms with E-state index < -0.39 is 17.9 Å². The predicted octanol–water partition coefficient (Wildman–Crippen LogP) is 6.75. The summed E-state index contributed by atoms with van der Waals surface area (Å²) in [6.07, 6.45) is 0.906. The van der Waals surface area contributed by atoms with E-state index in [1.165, 1.54) is 0 Å². The largest absolute Gasteiger partial charge is 0.423 e.